The SMILES string of the molecule is CC1(C)c2cc(-c3cccc(-c4ccccc4-c4c5ccccc5cc5c4ccc4ccccc45)c3)ccc2-c2cc3ccccc3cc21. The summed E-state index contributed by atoms with van der Waals surface area (Å²) < 4.78 is 0. The Hall–Kier alpha value is -5.98. The molecule has 49 heavy (non-hydrogen) atoms. The van der Waals surface area contributed by atoms with Gasteiger partial charge in [-0.3, -0.25) is 0 Å². The van der Waals surface area contributed by atoms with E-state index < -0.39 is 0 Å². The predicted molar refractivity (Wildman–Crippen MR) is 210 cm³/mol. The Morgan fingerprint density at radius 3 is 1.78 bits per heavy atom. The summed E-state index contributed by atoms with van der Waals surface area (Å²) in [5.41, 5.74) is 13.0. The standard InChI is InChI=1S/C49H34/c1-49(2)46-30-35(23-24-41(46)45-27-33-13-3-4-14-34(33)29-47(45)49)32-16-11-17-36(26-32)39-19-9-10-21-42(39)48-40-20-8-6-15-37(40)28-44-38-18-7-5-12-31(38)22-25-43(44)48/h3-30H,1-2H3. The van der Waals surface area contributed by atoms with Crippen molar-refractivity contribution in [1.29, 1.82) is 0 Å². The quantitative estimate of drug-likeness (QED) is 0.136. The Morgan fingerprint density at radius 2 is 0.939 bits per heavy atom. The van der Waals surface area contributed by atoms with E-state index in [2.05, 4.69) is 184 Å². The lowest BCUT2D eigenvalue weighted by atomic mass is 9.81. The van der Waals surface area contributed by atoms with Crippen LogP contribution in [0.3, 0.4) is 0 Å². The van der Waals surface area contributed by atoms with E-state index in [0.29, 0.717) is 0 Å². The molecule has 0 nitrogen and oxygen atoms in total. The normalized spacial score (nSPS) is 13.3. The molecule has 10 rings (SSSR count). The maximum absolute atomic E-state index is 2.44. The Balaban J connectivity index is 1.14. The zero-order valence-electron chi connectivity index (χ0n) is 27.7. The first-order valence-electron chi connectivity index (χ1n) is 17.3. The van der Waals surface area contributed by atoms with Crippen molar-refractivity contribution in [2.45, 2.75) is 19.3 Å². The average Bonchev–Trinajstić information content (AvgIpc) is 3.37. The maximum Gasteiger partial charge on any atom is 0.0159 e. The first-order chi connectivity index (χ1) is 24.0. The van der Waals surface area contributed by atoms with Crippen molar-refractivity contribution < 1.29 is 0 Å². The van der Waals surface area contributed by atoms with E-state index >= 15 is 0 Å². The topological polar surface area (TPSA) is 0 Å². The fourth-order valence-corrected chi connectivity index (χ4v) is 8.53. The van der Waals surface area contributed by atoms with Gasteiger partial charge in [0, 0.05) is 5.41 Å². The molecule has 0 aliphatic heterocycles. The first-order valence-corrected chi connectivity index (χ1v) is 17.3. The summed E-state index contributed by atoms with van der Waals surface area (Å²) in [6, 6.07) is 63.2. The van der Waals surface area contributed by atoms with Crippen molar-refractivity contribution in [3.05, 3.63) is 181 Å². The van der Waals surface area contributed by atoms with Crippen LogP contribution in [0.2, 0.25) is 0 Å². The van der Waals surface area contributed by atoms with Crippen LogP contribution in [0.15, 0.2) is 170 Å². The molecule has 0 radical (unpaired) electrons. The monoisotopic (exact) mass is 622 g/mol. The Labute approximate surface area is 286 Å². The predicted octanol–water partition coefficient (Wildman–Crippen LogP) is 13.6. The Morgan fingerprint density at radius 1 is 0.306 bits per heavy atom. The van der Waals surface area contributed by atoms with E-state index in [-0.39, 0.29) is 5.41 Å². The highest BCUT2D eigenvalue weighted by Gasteiger charge is 2.36. The van der Waals surface area contributed by atoms with Crippen LogP contribution in [0.5, 0.6) is 0 Å². The van der Waals surface area contributed by atoms with E-state index in [1.54, 1.807) is 0 Å². The van der Waals surface area contributed by atoms with Crippen LogP contribution < -0.4 is 0 Å². The molecule has 230 valence electrons. The van der Waals surface area contributed by atoms with Crippen molar-refractivity contribution in [2.75, 3.05) is 0 Å². The van der Waals surface area contributed by atoms with Gasteiger partial charge in [0.2, 0.25) is 0 Å². The molecule has 0 bridgehead atoms. The molecule has 0 amide bonds. The number of benzene rings is 9. The summed E-state index contributed by atoms with van der Waals surface area (Å²) in [5.74, 6) is 0. The van der Waals surface area contributed by atoms with Crippen molar-refractivity contribution >= 4 is 43.1 Å². The molecular formula is C49H34. The lowest BCUT2D eigenvalue weighted by Crippen LogP contribution is -2.15. The van der Waals surface area contributed by atoms with Gasteiger partial charge in [-0.1, -0.05) is 153 Å². The molecule has 0 saturated carbocycles. The second-order valence-corrected chi connectivity index (χ2v) is 14.1. The molecule has 0 aromatic heterocycles. The summed E-state index contributed by atoms with van der Waals surface area (Å²) >= 11 is 0. The van der Waals surface area contributed by atoms with Gasteiger partial charge in [0.05, 0.1) is 0 Å². The van der Waals surface area contributed by atoms with Crippen LogP contribution in [0.4, 0.5) is 0 Å². The zero-order chi connectivity index (χ0) is 32.7. The van der Waals surface area contributed by atoms with E-state index in [1.807, 2.05) is 0 Å². The van der Waals surface area contributed by atoms with Crippen LogP contribution in [-0.2, 0) is 5.41 Å². The third kappa shape index (κ3) is 4.24. The third-order valence-electron chi connectivity index (χ3n) is 11.0. The van der Waals surface area contributed by atoms with E-state index in [1.165, 1.54) is 98.7 Å². The van der Waals surface area contributed by atoms with E-state index in [0.717, 1.165) is 0 Å². The summed E-state index contributed by atoms with van der Waals surface area (Å²) in [5, 5.41) is 10.3. The molecule has 1 aliphatic carbocycles. The summed E-state index contributed by atoms with van der Waals surface area (Å²) in [7, 11) is 0. The Kier molecular flexibility index (Phi) is 6.02. The smallest absolute Gasteiger partial charge is 0.0159 e. The second kappa shape index (κ2) is 10.5. The van der Waals surface area contributed by atoms with Gasteiger partial charge in [-0.15, -0.1) is 0 Å². The molecule has 1 aliphatic rings. The molecule has 9 aromatic rings. The van der Waals surface area contributed by atoms with Crippen molar-refractivity contribution in [2.24, 2.45) is 0 Å². The summed E-state index contributed by atoms with van der Waals surface area (Å²) in [6.07, 6.45) is 0. The third-order valence-corrected chi connectivity index (χ3v) is 11.0. The minimum Gasteiger partial charge on any atom is -0.0616 e. The number of hydrogen-bond donors (Lipinski definition) is 0. The Bertz CT molecular complexity index is 2800. The van der Waals surface area contributed by atoms with Gasteiger partial charge in [0.1, 0.15) is 0 Å². The molecule has 0 spiro atoms. The zero-order valence-corrected chi connectivity index (χ0v) is 27.7. The molecule has 0 fully saturated rings. The molecule has 0 heterocycles. The lowest BCUT2D eigenvalue weighted by molar-refractivity contribution is 0.661. The largest absolute Gasteiger partial charge is 0.0616 e. The van der Waals surface area contributed by atoms with Gasteiger partial charge in [-0.25, -0.2) is 0 Å². The molecular weight excluding hydrogens is 589 g/mol. The van der Waals surface area contributed by atoms with Crippen LogP contribution in [0, 0.1) is 0 Å². The average molecular weight is 623 g/mol. The fourth-order valence-electron chi connectivity index (χ4n) is 8.53. The molecule has 9 aromatic carbocycles. The number of rotatable bonds is 3. The van der Waals surface area contributed by atoms with Gasteiger partial charge in [0.15, 0.2) is 0 Å². The minimum atomic E-state index is -0.0749. The highest BCUT2D eigenvalue weighted by molar-refractivity contribution is 6.21. The summed E-state index contributed by atoms with van der Waals surface area (Å²) in [4.78, 5) is 0. The molecule has 0 heteroatoms. The number of hydrogen-bond acceptors (Lipinski definition) is 0. The van der Waals surface area contributed by atoms with Gasteiger partial charge >= 0.3 is 0 Å². The molecule has 0 saturated heterocycles. The summed E-state index contributed by atoms with van der Waals surface area (Å²) in [6.45, 7) is 4.75. The first kappa shape index (κ1) is 28.1. The van der Waals surface area contributed by atoms with Crippen molar-refractivity contribution in [1.82, 2.24) is 0 Å². The van der Waals surface area contributed by atoms with Gasteiger partial charge < -0.3 is 0 Å². The van der Waals surface area contributed by atoms with E-state index in [9.17, 15) is 0 Å². The van der Waals surface area contributed by atoms with Crippen molar-refractivity contribution in [3.63, 3.8) is 0 Å². The molecule has 0 unspecified atom stereocenters. The van der Waals surface area contributed by atoms with Crippen LogP contribution in [0.25, 0.3) is 87.6 Å². The molecule has 0 N–H and O–H groups in total. The highest BCUT2D eigenvalue weighted by Crippen LogP contribution is 2.51. The van der Waals surface area contributed by atoms with Crippen molar-refractivity contribution in [3.8, 4) is 44.5 Å². The highest BCUT2D eigenvalue weighted by atomic mass is 14.4. The second-order valence-electron chi connectivity index (χ2n) is 14.1. The van der Waals surface area contributed by atoms with Crippen LogP contribution in [-0.4, -0.2) is 0 Å². The molecule has 0 atom stereocenters. The van der Waals surface area contributed by atoms with Crippen LogP contribution in [0.1, 0.15) is 25.0 Å². The van der Waals surface area contributed by atoms with E-state index in [4.69, 9.17) is 0 Å². The van der Waals surface area contributed by atoms with Gasteiger partial charge in [-0.2, -0.15) is 0 Å². The minimum absolute atomic E-state index is 0.0749. The van der Waals surface area contributed by atoms with Gasteiger partial charge in [-0.05, 0) is 129 Å². The fraction of sp³-hybridized carbons (Fsp3) is 0.0612. The maximum atomic E-state index is 2.44. The lowest BCUT2D eigenvalue weighted by Gasteiger charge is -2.22. The number of fused-ring (bicyclic) bond motifs is 8. The van der Waals surface area contributed by atoms with Crippen LogP contribution >= 0.6 is 0 Å². The van der Waals surface area contributed by atoms with Gasteiger partial charge in [0.25, 0.3) is 0 Å².